The van der Waals surface area contributed by atoms with Gasteiger partial charge in [-0.05, 0) is 36.2 Å². The molecule has 0 aromatic carbocycles. The van der Waals surface area contributed by atoms with E-state index in [0.717, 1.165) is 34.6 Å². The molecule has 0 amide bonds. The SMILES string of the molecule is S=C(CCc1ccccn1)NCc1c[nH]c2ncccc12. The van der Waals surface area contributed by atoms with Crippen molar-refractivity contribution in [2.75, 3.05) is 0 Å². The molecule has 0 bridgehead atoms. The first-order valence-corrected chi connectivity index (χ1v) is 7.31. The normalized spacial score (nSPS) is 10.7. The van der Waals surface area contributed by atoms with E-state index in [1.807, 2.05) is 36.7 Å². The largest absolute Gasteiger partial charge is 0.375 e. The molecule has 3 heterocycles. The van der Waals surface area contributed by atoms with Crippen molar-refractivity contribution in [1.82, 2.24) is 20.3 Å². The molecule has 0 aliphatic heterocycles. The minimum atomic E-state index is 0.715. The number of H-pyrrole nitrogens is 1. The molecule has 2 N–H and O–H groups in total. The van der Waals surface area contributed by atoms with Gasteiger partial charge in [0.2, 0.25) is 0 Å². The van der Waals surface area contributed by atoms with E-state index in [1.54, 1.807) is 6.20 Å². The van der Waals surface area contributed by atoms with Gasteiger partial charge in [0, 0.05) is 42.6 Å². The van der Waals surface area contributed by atoms with Gasteiger partial charge in [0.25, 0.3) is 0 Å². The average Bonchev–Trinajstić information content (AvgIpc) is 2.95. The maximum absolute atomic E-state index is 5.38. The first-order valence-electron chi connectivity index (χ1n) is 6.90. The second-order valence-corrected chi connectivity index (χ2v) is 5.30. The van der Waals surface area contributed by atoms with Crippen LogP contribution in [0.2, 0.25) is 0 Å². The van der Waals surface area contributed by atoms with Crippen LogP contribution in [0.5, 0.6) is 0 Å². The van der Waals surface area contributed by atoms with E-state index in [2.05, 4.69) is 26.3 Å². The summed E-state index contributed by atoms with van der Waals surface area (Å²) in [6.45, 7) is 0.715. The van der Waals surface area contributed by atoms with Crippen LogP contribution >= 0.6 is 12.2 Å². The minimum Gasteiger partial charge on any atom is -0.375 e. The molecule has 0 unspecified atom stereocenters. The lowest BCUT2D eigenvalue weighted by molar-refractivity contribution is 0.880. The van der Waals surface area contributed by atoms with Crippen molar-refractivity contribution in [2.24, 2.45) is 0 Å². The minimum absolute atomic E-state index is 0.715. The topological polar surface area (TPSA) is 53.6 Å². The Labute approximate surface area is 128 Å². The van der Waals surface area contributed by atoms with Gasteiger partial charge in [0.05, 0.1) is 4.99 Å². The summed E-state index contributed by atoms with van der Waals surface area (Å²) in [6, 6.07) is 9.95. The third-order valence-electron chi connectivity index (χ3n) is 3.35. The van der Waals surface area contributed by atoms with Gasteiger partial charge in [-0.1, -0.05) is 18.3 Å². The van der Waals surface area contributed by atoms with Crippen molar-refractivity contribution in [1.29, 1.82) is 0 Å². The zero-order valence-corrected chi connectivity index (χ0v) is 12.4. The van der Waals surface area contributed by atoms with Crippen molar-refractivity contribution in [3.05, 3.63) is 60.2 Å². The molecule has 4 nitrogen and oxygen atoms in total. The first kappa shape index (κ1) is 13.7. The number of rotatable bonds is 5. The maximum Gasteiger partial charge on any atom is 0.137 e. The average molecular weight is 296 g/mol. The molecule has 0 saturated carbocycles. The lowest BCUT2D eigenvalue weighted by Gasteiger charge is -2.07. The summed E-state index contributed by atoms with van der Waals surface area (Å²) >= 11 is 5.38. The van der Waals surface area contributed by atoms with E-state index in [1.165, 1.54) is 5.56 Å². The van der Waals surface area contributed by atoms with Gasteiger partial charge < -0.3 is 10.3 Å². The Bertz CT molecular complexity index is 736. The molecule has 0 aliphatic carbocycles. The van der Waals surface area contributed by atoms with Gasteiger partial charge in [-0.15, -0.1) is 0 Å². The van der Waals surface area contributed by atoms with Crippen molar-refractivity contribution in [3.8, 4) is 0 Å². The summed E-state index contributed by atoms with van der Waals surface area (Å²) in [7, 11) is 0. The zero-order chi connectivity index (χ0) is 14.5. The number of nitrogens with zero attached hydrogens (tertiary/aromatic N) is 2. The molecule has 0 radical (unpaired) electrons. The fourth-order valence-corrected chi connectivity index (χ4v) is 2.40. The van der Waals surface area contributed by atoms with Crippen LogP contribution in [0.15, 0.2) is 48.9 Å². The van der Waals surface area contributed by atoms with Crippen LogP contribution in [0.4, 0.5) is 0 Å². The molecule has 3 rings (SSSR count). The number of aromatic amines is 1. The smallest absolute Gasteiger partial charge is 0.137 e. The van der Waals surface area contributed by atoms with Gasteiger partial charge >= 0.3 is 0 Å². The molecule has 0 saturated heterocycles. The van der Waals surface area contributed by atoms with Gasteiger partial charge in [0.15, 0.2) is 0 Å². The number of pyridine rings is 2. The van der Waals surface area contributed by atoms with E-state index >= 15 is 0 Å². The highest BCUT2D eigenvalue weighted by atomic mass is 32.1. The summed E-state index contributed by atoms with van der Waals surface area (Å²) in [4.78, 5) is 12.6. The van der Waals surface area contributed by atoms with Crippen LogP contribution in [-0.2, 0) is 13.0 Å². The van der Waals surface area contributed by atoms with Crippen LogP contribution in [-0.4, -0.2) is 19.9 Å². The zero-order valence-electron chi connectivity index (χ0n) is 11.5. The van der Waals surface area contributed by atoms with Crippen LogP contribution in [0.25, 0.3) is 11.0 Å². The Kier molecular flexibility index (Phi) is 4.21. The number of hydrogen-bond donors (Lipinski definition) is 2. The highest BCUT2D eigenvalue weighted by molar-refractivity contribution is 7.80. The fraction of sp³-hybridized carbons (Fsp3) is 0.188. The molecule has 3 aromatic rings. The highest BCUT2D eigenvalue weighted by Crippen LogP contribution is 2.15. The molecule has 5 heteroatoms. The Morgan fingerprint density at radius 1 is 1.14 bits per heavy atom. The van der Waals surface area contributed by atoms with Crippen molar-refractivity contribution in [2.45, 2.75) is 19.4 Å². The molecular formula is C16H16N4S. The number of thiocarbonyl (C=S) groups is 1. The summed E-state index contributed by atoms with van der Waals surface area (Å²) in [5.41, 5.74) is 3.16. The number of aromatic nitrogens is 3. The van der Waals surface area contributed by atoms with Gasteiger partial charge in [-0.3, -0.25) is 4.98 Å². The van der Waals surface area contributed by atoms with E-state index in [9.17, 15) is 0 Å². The van der Waals surface area contributed by atoms with Crippen molar-refractivity contribution in [3.63, 3.8) is 0 Å². The fourth-order valence-electron chi connectivity index (χ4n) is 2.23. The predicted octanol–water partition coefficient (Wildman–Crippen LogP) is 3.01. The van der Waals surface area contributed by atoms with Crippen LogP contribution in [0, 0.1) is 0 Å². The summed E-state index contributed by atoms with van der Waals surface area (Å²) < 4.78 is 0. The Hall–Kier alpha value is -2.27. The van der Waals surface area contributed by atoms with Crippen LogP contribution in [0.3, 0.4) is 0 Å². The summed E-state index contributed by atoms with van der Waals surface area (Å²) in [6.07, 6.45) is 7.25. The van der Waals surface area contributed by atoms with Crippen molar-refractivity contribution < 1.29 is 0 Å². The standard InChI is InChI=1S/C16H16N4S/c21-15(7-6-13-4-1-2-8-17-13)19-10-12-11-20-16-14(12)5-3-9-18-16/h1-5,8-9,11H,6-7,10H2,(H,18,20)(H,19,21). The molecule has 3 aromatic heterocycles. The Balaban J connectivity index is 1.54. The molecule has 106 valence electrons. The lowest BCUT2D eigenvalue weighted by Crippen LogP contribution is -2.21. The molecule has 0 atom stereocenters. The number of fused-ring (bicyclic) bond motifs is 1. The predicted molar refractivity (Wildman–Crippen MR) is 88.1 cm³/mol. The summed E-state index contributed by atoms with van der Waals surface area (Å²) in [5.74, 6) is 0. The van der Waals surface area contributed by atoms with E-state index in [4.69, 9.17) is 12.2 Å². The van der Waals surface area contributed by atoms with Gasteiger partial charge in [-0.2, -0.15) is 0 Å². The number of hydrogen-bond acceptors (Lipinski definition) is 3. The molecule has 0 fully saturated rings. The van der Waals surface area contributed by atoms with E-state index in [0.29, 0.717) is 6.54 Å². The molecular weight excluding hydrogens is 280 g/mol. The molecule has 0 spiro atoms. The quantitative estimate of drug-likeness (QED) is 0.711. The van der Waals surface area contributed by atoms with E-state index < -0.39 is 0 Å². The first-order chi connectivity index (χ1) is 10.3. The lowest BCUT2D eigenvalue weighted by atomic mass is 10.2. The summed E-state index contributed by atoms with van der Waals surface area (Å²) in [5, 5.41) is 4.44. The van der Waals surface area contributed by atoms with Crippen LogP contribution in [0.1, 0.15) is 17.7 Å². The van der Waals surface area contributed by atoms with Gasteiger partial charge in [-0.25, -0.2) is 4.98 Å². The second-order valence-electron chi connectivity index (χ2n) is 4.81. The highest BCUT2D eigenvalue weighted by Gasteiger charge is 2.05. The van der Waals surface area contributed by atoms with Gasteiger partial charge in [0.1, 0.15) is 5.65 Å². The van der Waals surface area contributed by atoms with Crippen molar-refractivity contribution >= 4 is 28.2 Å². The molecule has 21 heavy (non-hydrogen) atoms. The monoisotopic (exact) mass is 296 g/mol. The van der Waals surface area contributed by atoms with E-state index in [-0.39, 0.29) is 0 Å². The molecule has 0 aliphatic rings. The number of nitrogens with one attached hydrogen (secondary N) is 2. The number of aryl methyl sites for hydroxylation is 1. The third-order valence-corrected chi connectivity index (χ3v) is 3.70. The van der Waals surface area contributed by atoms with Crippen LogP contribution < -0.4 is 5.32 Å². The Morgan fingerprint density at radius 3 is 2.90 bits per heavy atom. The Morgan fingerprint density at radius 2 is 2.05 bits per heavy atom. The third kappa shape index (κ3) is 3.44. The maximum atomic E-state index is 5.38. The second kappa shape index (κ2) is 6.45.